The second kappa shape index (κ2) is 6.67. The van der Waals surface area contributed by atoms with E-state index in [4.69, 9.17) is 14.5 Å². The Kier molecular flexibility index (Phi) is 4.92. The molecule has 1 aliphatic carbocycles. The van der Waals surface area contributed by atoms with Crippen molar-refractivity contribution < 1.29 is 9.26 Å². The van der Waals surface area contributed by atoms with E-state index >= 15 is 0 Å². The lowest BCUT2D eigenvalue weighted by Gasteiger charge is -2.26. The molecule has 1 heterocycles. The minimum Gasteiger partial charge on any atom is -0.373 e. The van der Waals surface area contributed by atoms with Crippen LogP contribution in [0.25, 0.3) is 0 Å². The van der Waals surface area contributed by atoms with Gasteiger partial charge in [-0.3, -0.25) is 0 Å². The first-order valence-corrected chi connectivity index (χ1v) is 6.99. The second-order valence-corrected chi connectivity index (χ2v) is 5.33. The maximum Gasteiger partial charge on any atom is 0.228 e. The molecule has 0 bridgehead atoms. The quantitative estimate of drug-likeness (QED) is 0.816. The Balaban J connectivity index is 2.04. The predicted molar refractivity (Wildman–Crippen MR) is 69.1 cm³/mol. The van der Waals surface area contributed by atoms with E-state index < -0.39 is 0 Å². The van der Waals surface area contributed by atoms with Gasteiger partial charge in [-0.1, -0.05) is 24.4 Å². The first kappa shape index (κ1) is 14.0. The molecule has 5 nitrogen and oxygen atoms in total. The van der Waals surface area contributed by atoms with Crippen molar-refractivity contribution in [3.8, 4) is 6.07 Å². The summed E-state index contributed by atoms with van der Waals surface area (Å²) >= 11 is 0. The van der Waals surface area contributed by atoms with Gasteiger partial charge < -0.3 is 9.26 Å². The zero-order valence-electron chi connectivity index (χ0n) is 11.6. The average molecular weight is 263 g/mol. The van der Waals surface area contributed by atoms with Gasteiger partial charge in [0.15, 0.2) is 0 Å². The lowest BCUT2D eigenvalue weighted by molar-refractivity contribution is 0.0273. The molecule has 2 atom stereocenters. The zero-order valence-corrected chi connectivity index (χ0v) is 11.6. The van der Waals surface area contributed by atoms with E-state index in [1.807, 2.05) is 6.92 Å². The average Bonchev–Trinajstić information content (AvgIpc) is 2.89. The Morgan fingerprint density at radius 2 is 2.16 bits per heavy atom. The molecule has 1 aromatic rings. The minimum atomic E-state index is -0.107. The minimum absolute atomic E-state index is 0.0739. The van der Waals surface area contributed by atoms with Gasteiger partial charge in [-0.2, -0.15) is 10.2 Å². The summed E-state index contributed by atoms with van der Waals surface area (Å²) in [6.07, 6.45) is 6.57. The maximum absolute atomic E-state index is 8.80. The van der Waals surface area contributed by atoms with E-state index in [0.29, 0.717) is 24.1 Å². The van der Waals surface area contributed by atoms with Gasteiger partial charge in [0, 0.05) is 13.5 Å². The molecule has 1 saturated carbocycles. The molecule has 0 aliphatic heterocycles. The van der Waals surface area contributed by atoms with Gasteiger partial charge in [0.25, 0.3) is 0 Å². The summed E-state index contributed by atoms with van der Waals surface area (Å²) in [7, 11) is 1.70. The number of hydrogen-bond donors (Lipinski definition) is 0. The summed E-state index contributed by atoms with van der Waals surface area (Å²) < 4.78 is 10.8. The first-order valence-electron chi connectivity index (χ1n) is 6.99. The Hall–Kier alpha value is -1.41. The van der Waals surface area contributed by atoms with Crippen molar-refractivity contribution in [3.05, 3.63) is 11.7 Å². The number of aromatic nitrogens is 2. The Morgan fingerprint density at radius 1 is 1.42 bits per heavy atom. The van der Waals surface area contributed by atoms with Crippen LogP contribution in [0, 0.1) is 23.2 Å². The summed E-state index contributed by atoms with van der Waals surface area (Å²) in [6.45, 7) is 1.85. The molecule has 0 aromatic carbocycles. The maximum atomic E-state index is 8.80. The van der Waals surface area contributed by atoms with Crippen LogP contribution in [0.15, 0.2) is 4.52 Å². The number of nitrogens with zero attached hydrogens (tertiary/aromatic N) is 3. The smallest absolute Gasteiger partial charge is 0.228 e. The molecule has 2 rings (SSSR count). The van der Waals surface area contributed by atoms with E-state index in [9.17, 15) is 0 Å². The van der Waals surface area contributed by atoms with E-state index in [1.54, 1.807) is 7.11 Å². The molecule has 19 heavy (non-hydrogen) atoms. The third kappa shape index (κ3) is 3.54. The summed E-state index contributed by atoms with van der Waals surface area (Å²) in [5.74, 6) is 1.54. The fourth-order valence-corrected chi connectivity index (χ4v) is 2.72. The molecule has 0 amide bonds. The van der Waals surface area contributed by atoms with E-state index in [0.717, 1.165) is 12.8 Å². The predicted octanol–water partition coefficient (Wildman–Crippen LogP) is 3.04. The van der Waals surface area contributed by atoms with Crippen molar-refractivity contribution in [1.29, 1.82) is 5.26 Å². The van der Waals surface area contributed by atoms with Crippen molar-refractivity contribution in [2.24, 2.45) is 11.8 Å². The van der Waals surface area contributed by atoms with Gasteiger partial charge in [0.05, 0.1) is 12.0 Å². The zero-order chi connectivity index (χ0) is 13.7. The largest absolute Gasteiger partial charge is 0.373 e. The van der Waals surface area contributed by atoms with Crippen LogP contribution in [0.3, 0.4) is 0 Å². The van der Waals surface area contributed by atoms with Gasteiger partial charge in [-0.25, -0.2) is 0 Å². The van der Waals surface area contributed by atoms with Gasteiger partial charge in [-0.15, -0.1) is 0 Å². The standard InChI is InChI=1S/C14H21N3O2/c1-10(9-15)8-12-16-14(17-19-12)13(18-2)11-6-4-3-5-7-11/h10-11,13H,3-8H2,1-2H3. The van der Waals surface area contributed by atoms with Crippen molar-refractivity contribution in [1.82, 2.24) is 10.1 Å². The molecule has 0 spiro atoms. The van der Waals surface area contributed by atoms with Gasteiger partial charge >= 0.3 is 0 Å². The van der Waals surface area contributed by atoms with Crippen LogP contribution in [0.2, 0.25) is 0 Å². The highest BCUT2D eigenvalue weighted by molar-refractivity contribution is 4.97. The highest BCUT2D eigenvalue weighted by atomic mass is 16.5. The van der Waals surface area contributed by atoms with Crippen molar-refractivity contribution in [2.45, 2.75) is 51.6 Å². The van der Waals surface area contributed by atoms with Crippen LogP contribution in [-0.4, -0.2) is 17.3 Å². The van der Waals surface area contributed by atoms with Crippen molar-refractivity contribution >= 4 is 0 Å². The third-order valence-electron chi connectivity index (χ3n) is 3.77. The molecule has 0 N–H and O–H groups in total. The SMILES string of the molecule is COC(c1noc(CC(C)C#N)n1)C1CCCCC1. The van der Waals surface area contributed by atoms with E-state index in [2.05, 4.69) is 16.2 Å². The van der Waals surface area contributed by atoms with Crippen LogP contribution in [0.1, 0.15) is 56.8 Å². The Labute approximate surface area is 113 Å². The monoisotopic (exact) mass is 263 g/mol. The fourth-order valence-electron chi connectivity index (χ4n) is 2.72. The molecule has 104 valence electrons. The van der Waals surface area contributed by atoms with Gasteiger partial charge in [0.2, 0.25) is 11.7 Å². The van der Waals surface area contributed by atoms with E-state index in [-0.39, 0.29) is 12.0 Å². The summed E-state index contributed by atoms with van der Waals surface area (Å²) in [4.78, 5) is 4.39. The lowest BCUT2D eigenvalue weighted by Crippen LogP contribution is -2.19. The van der Waals surface area contributed by atoms with Gasteiger partial charge in [0.1, 0.15) is 6.10 Å². The van der Waals surface area contributed by atoms with Gasteiger partial charge in [-0.05, 0) is 25.7 Å². The van der Waals surface area contributed by atoms with Crippen LogP contribution in [0.5, 0.6) is 0 Å². The number of ether oxygens (including phenoxy) is 1. The van der Waals surface area contributed by atoms with Crippen LogP contribution in [-0.2, 0) is 11.2 Å². The van der Waals surface area contributed by atoms with Crippen LogP contribution in [0.4, 0.5) is 0 Å². The van der Waals surface area contributed by atoms with Crippen molar-refractivity contribution in [3.63, 3.8) is 0 Å². The van der Waals surface area contributed by atoms with Crippen LogP contribution >= 0.6 is 0 Å². The molecule has 0 saturated heterocycles. The highest BCUT2D eigenvalue weighted by Crippen LogP contribution is 2.35. The van der Waals surface area contributed by atoms with Crippen molar-refractivity contribution in [2.75, 3.05) is 7.11 Å². The molecular formula is C14H21N3O2. The van der Waals surface area contributed by atoms with Crippen LogP contribution < -0.4 is 0 Å². The number of rotatable bonds is 5. The fraction of sp³-hybridized carbons (Fsp3) is 0.786. The summed E-state index contributed by atoms with van der Waals surface area (Å²) in [6, 6.07) is 2.17. The normalized spacial score (nSPS) is 19.8. The molecule has 0 radical (unpaired) electrons. The second-order valence-electron chi connectivity index (χ2n) is 5.33. The Morgan fingerprint density at radius 3 is 2.79 bits per heavy atom. The highest BCUT2D eigenvalue weighted by Gasteiger charge is 2.29. The summed E-state index contributed by atoms with van der Waals surface area (Å²) in [5, 5.41) is 12.8. The molecule has 2 unspecified atom stereocenters. The molecular weight excluding hydrogens is 242 g/mol. The molecule has 5 heteroatoms. The lowest BCUT2D eigenvalue weighted by atomic mass is 9.85. The number of methoxy groups -OCH3 is 1. The Bertz CT molecular complexity index is 432. The molecule has 1 aromatic heterocycles. The first-order chi connectivity index (χ1) is 9.24. The number of hydrogen-bond acceptors (Lipinski definition) is 5. The number of nitriles is 1. The molecule has 1 fully saturated rings. The molecule has 1 aliphatic rings. The van der Waals surface area contributed by atoms with E-state index in [1.165, 1.54) is 19.3 Å². The summed E-state index contributed by atoms with van der Waals surface area (Å²) in [5.41, 5.74) is 0. The third-order valence-corrected chi connectivity index (χ3v) is 3.77. The topological polar surface area (TPSA) is 71.9 Å².